The van der Waals surface area contributed by atoms with Crippen molar-refractivity contribution in [3.63, 3.8) is 0 Å². The summed E-state index contributed by atoms with van der Waals surface area (Å²) in [5.41, 5.74) is 0.462. The number of carbonyl (C=O) groups is 2. The van der Waals surface area contributed by atoms with Gasteiger partial charge in [0.2, 0.25) is 0 Å². The van der Waals surface area contributed by atoms with Crippen LogP contribution in [0.3, 0.4) is 0 Å². The number of carboxylic acid groups (broad SMARTS) is 1. The number of nitrogens with zero attached hydrogens (tertiary/aromatic N) is 1. The average Bonchev–Trinajstić information content (AvgIpc) is 2.50. The van der Waals surface area contributed by atoms with Crippen molar-refractivity contribution in [1.29, 1.82) is 0 Å². The first-order valence-electron chi connectivity index (χ1n) is 6.91. The van der Waals surface area contributed by atoms with Gasteiger partial charge in [0, 0.05) is 23.3 Å². The van der Waals surface area contributed by atoms with E-state index >= 15 is 0 Å². The molecule has 1 heterocycles. The van der Waals surface area contributed by atoms with Crippen LogP contribution in [0.5, 0.6) is 0 Å². The lowest BCUT2D eigenvalue weighted by molar-refractivity contribution is -0.140. The summed E-state index contributed by atoms with van der Waals surface area (Å²) in [6, 6.07) is 6.18. The van der Waals surface area contributed by atoms with Gasteiger partial charge in [0.05, 0.1) is 0 Å². The summed E-state index contributed by atoms with van der Waals surface area (Å²) in [4.78, 5) is 27.7. The number of aliphatic carboxylic acids is 1. The first-order chi connectivity index (χ1) is 10.0. The van der Waals surface area contributed by atoms with Crippen molar-refractivity contribution in [1.82, 2.24) is 10.3 Å². The Morgan fingerprint density at radius 2 is 2.10 bits per heavy atom. The Kier molecular flexibility index (Phi) is 4.52. The van der Waals surface area contributed by atoms with E-state index < -0.39 is 12.0 Å². The monoisotopic (exact) mass is 286 g/mol. The second-order valence-corrected chi connectivity index (χ2v) is 5.08. The molecule has 1 aromatic heterocycles. The number of hydrogen-bond acceptors (Lipinski definition) is 3. The highest BCUT2D eigenvalue weighted by molar-refractivity contribution is 6.07. The second kappa shape index (κ2) is 6.35. The summed E-state index contributed by atoms with van der Waals surface area (Å²) < 4.78 is 0. The zero-order valence-corrected chi connectivity index (χ0v) is 12.0. The molecule has 0 saturated carbocycles. The lowest BCUT2D eigenvalue weighted by Gasteiger charge is -2.20. The minimum absolute atomic E-state index is 0.136. The van der Waals surface area contributed by atoms with Crippen LogP contribution in [0.4, 0.5) is 0 Å². The maximum Gasteiger partial charge on any atom is 0.326 e. The number of carbonyl (C=O) groups excluding carboxylic acids is 1. The molecular formula is C16H18N2O3. The van der Waals surface area contributed by atoms with Gasteiger partial charge in [-0.05, 0) is 23.4 Å². The van der Waals surface area contributed by atoms with E-state index in [0.717, 1.165) is 10.8 Å². The van der Waals surface area contributed by atoms with Crippen molar-refractivity contribution in [2.45, 2.75) is 26.3 Å². The fourth-order valence-corrected chi connectivity index (χ4v) is 2.22. The van der Waals surface area contributed by atoms with Gasteiger partial charge in [-0.2, -0.15) is 0 Å². The van der Waals surface area contributed by atoms with Crippen LogP contribution in [0.1, 0.15) is 30.6 Å². The molecule has 1 amide bonds. The maximum atomic E-state index is 12.4. The minimum Gasteiger partial charge on any atom is -0.480 e. The van der Waals surface area contributed by atoms with E-state index in [0.29, 0.717) is 12.0 Å². The van der Waals surface area contributed by atoms with Crippen molar-refractivity contribution in [2.75, 3.05) is 0 Å². The van der Waals surface area contributed by atoms with Gasteiger partial charge < -0.3 is 10.4 Å². The lowest BCUT2D eigenvalue weighted by Crippen LogP contribution is -2.45. The van der Waals surface area contributed by atoms with E-state index in [1.807, 2.05) is 19.9 Å². The highest BCUT2D eigenvalue weighted by atomic mass is 16.4. The average molecular weight is 286 g/mol. The molecule has 110 valence electrons. The van der Waals surface area contributed by atoms with E-state index in [1.54, 1.807) is 30.6 Å². The highest BCUT2D eigenvalue weighted by Crippen LogP contribution is 2.18. The van der Waals surface area contributed by atoms with Gasteiger partial charge in [0.25, 0.3) is 5.91 Å². The van der Waals surface area contributed by atoms with E-state index in [9.17, 15) is 14.7 Å². The topological polar surface area (TPSA) is 79.3 Å². The Morgan fingerprint density at radius 3 is 2.76 bits per heavy atom. The summed E-state index contributed by atoms with van der Waals surface area (Å²) in [5.74, 6) is -1.53. The summed E-state index contributed by atoms with van der Waals surface area (Å²) in [5, 5.41) is 13.5. The zero-order chi connectivity index (χ0) is 15.4. The number of nitrogens with one attached hydrogen (secondary N) is 1. The fraction of sp³-hybridized carbons (Fsp3) is 0.312. The number of rotatable bonds is 5. The lowest BCUT2D eigenvalue weighted by atomic mass is 9.98. The van der Waals surface area contributed by atoms with Gasteiger partial charge in [0.1, 0.15) is 6.04 Å². The molecule has 0 fully saturated rings. The Bertz CT molecular complexity index is 664. The van der Waals surface area contributed by atoms with E-state index in [2.05, 4.69) is 10.3 Å². The molecule has 0 bridgehead atoms. The number of carboxylic acids is 1. The molecule has 0 radical (unpaired) electrons. The van der Waals surface area contributed by atoms with Gasteiger partial charge in [-0.1, -0.05) is 32.4 Å². The Balaban J connectivity index is 2.32. The first kappa shape index (κ1) is 15.0. The SMILES string of the molecule is CC[C@H](C)[C@H](NC(=O)c1cccc2cnccc12)C(=O)O. The first-order valence-corrected chi connectivity index (χ1v) is 6.91. The van der Waals surface area contributed by atoms with Gasteiger partial charge >= 0.3 is 5.97 Å². The van der Waals surface area contributed by atoms with Crippen LogP contribution in [0.15, 0.2) is 36.7 Å². The number of aromatic nitrogens is 1. The highest BCUT2D eigenvalue weighted by Gasteiger charge is 2.26. The molecule has 0 aliphatic heterocycles. The predicted octanol–water partition coefficient (Wildman–Crippen LogP) is 2.46. The van der Waals surface area contributed by atoms with Crippen molar-refractivity contribution in [3.05, 3.63) is 42.2 Å². The zero-order valence-electron chi connectivity index (χ0n) is 12.0. The van der Waals surface area contributed by atoms with Crippen LogP contribution >= 0.6 is 0 Å². The number of amides is 1. The second-order valence-electron chi connectivity index (χ2n) is 5.08. The molecule has 0 unspecified atom stereocenters. The van der Waals surface area contributed by atoms with E-state index in [1.165, 1.54) is 0 Å². The molecule has 0 spiro atoms. The number of fused-ring (bicyclic) bond motifs is 1. The van der Waals surface area contributed by atoms with E-state index in [4.69, 9.17) is 0 Å². The quantitative estimate of drug-likeness (QED) is 0.885. The van der Waals surface area contributed by atoms with Crippen molar-refractivity contribution in [2.24, 2.45) is 5.92 Å². The molecule has 2 N–H and O–H groups in total. The third-order valence-electron chi connectivity index (χ3n) is 3.69. The molecule has 5 nitrogen and oxygen atoms in total. The van der Waals surface area contributed by atoms with Crippen LogP contribution < -0.4 is 5.32 Å². The van der Waals surface area contributed by atoms with Gasteiger partial charge in [-0.25, -0.2) is 4.79 Å². The summed E-state index contributed by atoms with van der Waals surface area (Å²) in [6.45, 7) is 3.71. The number of hydrogen-bond donors (Lipinski definition) is 2. The maximum absolute atomic E-state index is 12.4. The molecule has 2 aromatic rings. The minimum atomic E-state index is -1.01. The molecule has 2 atom stereocenters. The Labute approximate surface area is 123 Å². The van der Waals surface area contributed by atoms with Crippen molar-refractivity contribution in [3.8, 4) is 0 Å². The van der Waals surface area contributed by atoms with Crippen molar-refractivity contribution >= 4 is 22.6 Å². The van der Waals surface area contributed by atoms with E-state index in [-0.39, 0.29) is 11.8 Å². The smallest absolute Gasteiger partial charge is 0.326 e. The third kappa shape index (κ3) is 3.18. The molecule has 0 saturated heterocycles. The van der Waals surface area contributed by atoms with Crippen LogP contribution in [0.25, 0.3) is 10.8 Å². The summed E-state index contributed by atoms with van der Waals surface area (Å²) in [6.07, 6.45) is 3.97. The van der Waals surface area contributed by atoms with Gasteiger partial charge in [-0.3, -0.25) is 9.78 Å². The normalized spacial score (nSPS) is 13.6. The molecule has 2 rings (SSSR count). The Morgan fingerprint density at radius 1 is 1.33 bits per heavy atom. The van der Waals surface area contributed by atoms with Crippen LogP contribution in [-0.2, 0) is 4.79 Å². The van der Waals surface area contributed by atoms with Crippen LogP contribution in [-0.4, -0.2) is 28.0 Å². The van der Waals surface area contributed by atoms with Crippen LogP contribution in [0.2, 0.25) is 0 Å². The number of benzene rings is 1. The third-order valence-corrected chi connectivity index (χ3v) is 3.69. The van der Waals surface area contributed by atoms with Crippen molar-refractivity contribution < 1.29 is 14.7 Å². The standard InChI is InChI=1S/C16H18N2O3/c1-3-10(2)14(16(20)21)18-15(19)13-6-4-5-11-9-17-8-7-12(11)13/h4-10,14H,3H2,1-2H3,(H,18,19)(H,20,21)/t10-,14-/m0/s1. The van der Waals surface area contributed by atoms with Gasteiger partial charge in [0.15, 0.2) is 0 Å². The molecule has 1 aromatic carbocycles. The largest absolute Gasteiger partial charge is 0.480 e. The Hall–Kier alpha value is -2.43. The predicted molar refractivity (Wildman–Crippen MR) is 80.1 cm³/mol. The summed E-state index contributed by atoms with van der Waals surface area (Å²) >= 11 is 0. The molecule has 5 heteroatoms. The molecular weight excluding hydrogens is 268 g/mol. The number of pyridine rings is 1. The van der Waals surface area contributed by atoms with Gasteiger partial charge in [-0.15, -0.1) is 0 Å². The molecule has 21 heavy (non-hydrogen) atoms. The van der Waals surface area contributed by atoms with Crippen LogP contribution in [0, 0.1) is 5.92 Å². The fourth-order valence-electron chi connectivity index (χ4n) is 2.22. The molecule has 0 aliphatic carbocycles. The molecule has 0 aliphatic rings. The summed E-state index contributed by atoms with van der Waals surface area (Å²) in [7, 11) is 0.